The third-order valence-electron chi connectivity index (χ3n) is 6.46. The van der Waals surface area contributed by atoms with E-state index in [0.29, 0.717) is 30.6 Å². The molecule has 2 atom stereocenters. The highest BCUT2D eigenvalue weighted by atomic mass is 16.6. The number of nitrogens with zero attached hydrogens (tertiary/aromatic N) is 1. The van der Waals surface area contributed by atoms with E-state index in [1.165, 1.54) is 17.0 Å². The fourth-order valence-corrected chi connectivity index (χ4v) is 4.61. The number of rotatable bonds is 12. The van der Waals surface area contributed by atoms with Gasteiger partial charge in [-0.25, -0.2) is 4.79 Å². The Kier molecular flexibility index (Phi) is 12.0. The lowest BCUT2D eigenvalue weighted by atomic mass is 9.98. The highest BCUT2D eigenvalue weighted by Crippen LogP contribution is 2.29. The highest BCUT2D eigenvalue weighted by Gasteiger charge is 2.36. The number of anilines is 1. The maximum atomic E-state index is 14.3. The van der Waals surface area contributed by atoms with Crippen LogP contribution in [0.25, 0.3) is 0 Å². The van der Waals surface area contributed by atoms with Crippen LogP contribution in [-0.4, -0.2) is 46.1 Å². The Balaban J connectivity index is 2.58. The Morgan fingerprint density at radius 1 is 1.00 bits per heavy atom. The first kappa shape index (κ1) is 32.7. The van der Waals surface area contributed by atoms with Crippen LogP contribution in [-0.2, 0) is 14.3 Å². The number of aromatic hydroxyl groups is 1. The number of unbranched alkanes of at least 4 members (excludes halogenated alkanes) is 2. The number of nitrogens with one attached hydrogen (secondary N) is 2. The standard InChI is InChI=1S/C32H47N3O5/c1-9-10-11-18-35(30(38)26(19-21(2)3)33-31(39)40-32(6,7)8)28(24-16-13-17-25(36)20-24)29(37)34-27-22(4)14-12-15-23(27)5/h12-17,20-21,26,28,36H,9-11,18-19H2,1-8H3,(H,33,39)(H,34,37). The Labute approximate surface area is 239 Å². The van der Waals surface area contributed by atoms with Gasteiger partial charge in [0, 0.05) is 12.2 Å². The molecule has 0 aliphatic rings. The molecule has 0 aromatic heterocycles. The van der Waals surface area contributed by atoms with E-state index in [2.05, 4.69) is 17.6 Å². The maximum absolute atomic E-state index is 14.3. The summed E-state index contributed by atoms with van der Waals surface area (Å²) >= 11 is 0. The number of amides is 3. The zero-order chi connectivity index (χ0) is 30.0. The molecule has 0 heterocycles. The predicted octanol–water partition coefficient (Wildman–Crippen LogP) is 6.65. The van der Waals surface area contributed by atoms with Gasteiger partial charge in [-0.15, -0.1) is 0 Å². The molecule has 220 valence electrons. The van der Waals surface area contributed by atoms with Gasteiger partial charge in [-0.3, -0.25) is 9.59 Å². The zero-order valence-electron chi connectivity index (χ0n) is 25.3. The minimum atomic E-state index is -1.04. The van der Waals surface area contributed by atoms with E-state index in [0.717, 1.165) is 24.0 Å². The van der Waals surface area contributed by atoms with Crippen molar-refractivity contribution in [3.63, 3.8) is 0 Å². The van der Waals surface area contributed by atoms with Crippen molar-refractivity contribution in [2.75, 3.05) is 11.9 Å². The number of phenols is 1. The number of ether oxygens (including phenoxy) is 1. The number of carbonyl (C=O) groups excluding carboxylic acids is 3. The summed E-state index contributed by atoms with van der Waals surface area (Å²) in [5.74, 6) is -0.688. The molecule has 40 heavy (non-hydrogen) atoms. The normalized spacial score (nSPS) is 12.9. The summed E-state index contributed by atoms with van der Waals surface area (Å²) in [6.07, 6.45) is 2.15. The molecule has 0 aliphatic heterocycles. The molecule has 0 bridgehead atoms. The van der Waals surface area contributed by atoms with Gasteiger partial charge in [-0.2, -0.15) is 0 Å². The number of phenolic OH excluding ortho intramolecular Hbond substituents is 1. The predicted molar refractivity (Wildman–Crippen MR) is 159 cm³/mol. The van der Waals surface area contributed by atoms with Gasteiger partial charge in [0.1, 0.15) is 23.4 Å². The third kappa shape index (κ3) is 9.88. The summed E-state index contributed by atoms with van der Waals surface area (Å²) < 4.78 is 5.46. The van der Waals surface area contributed by atoms with Gasteiger partial charge in [-0.1, -0.05) is 63.9 Å². The van der Waals surface area contributed by atoms with Crippen molar-refractivity contribution >= 4 is 23.6 Å². The summed E-state index contributed by atoms with van der Waals surface area (Å²) in [5.41, 5.74) is 2.23. The highest BCUT2D eigenvalue weighted by molar-refractivity contribution is 6.00. The molecular weight excluding hydrogens is 506 g/mol. The van der Waals surface area contributed by atoms with E-state index in [4.69, 9.17) is 4.74 Å². The molecule has 0 saturated heterocycles. The van der Waals surface area contributed by atoms with E-state index < -0.39 is 29.7 Å². The molecule has 0 aliphatic carbocycles. The molecular formula is C32H47N3O5. The third-order valence-corrected chi connectivity index (χ3v) is 6.46. The van der Waals surface area contributed by atoms with Gasteiger partial charge in [-0.05, 0) is 82.2 Å². The average molecular weight is 554 g/mol. The lowest BCUT2D eigenvalue weighted by Crippen LogP contribution is -2.53. The molecule has 8 nitrogen and oxygen atoms in total. The molecule has 3 N–H and O–H groups in total. The second kappa shape index (κ2) is 14.7. The Bertz CT molecular complexity index is 1140. The van der Waals surface area contributed by atoms with Crippen molar-refractivity contribution in [2.24, 2.45) is 5.92 Å². The van der Waals surface area contributed by atoms with Gasteiger partial charge in [0.15, 0.2) is 0 Å². The van der Waals surface area contributed by atoms with Crippen LogP contribution in [0.3, 0.4) is 0 Å². The number of hydrogen-bond donors (Lipinski definition) is 3. The fraction of sp³-hybridized carbons (Fsp3) is 0.531. The second-order valence-corrected chi connectivity index (χ2v) is 11.8. The molecule has 8 heteroatoms. The first-order chi connectivity index (χ1) is 18.7. The second-order valence-electron chi connectivity index (χ2n) is 11.8. The topological polar surface area (TPSA) is 108 Å². The monoisotopic (exact) mass is 553 g/mol. The number of aryl methyl sites for hydroxylation is 2. The van der Waals surface area contributed by atoms with Crippen LogP contribution in [0.15, 0.2) is 42.5 Å². The fourth-order valence-electron chi connectivity index (χ4n) is 4.61. The Hall–Kier alpha value is -3.55. The number of para-hydroxylation sites is 1. The van der Waals surface area contributed by atoms with Crippen molar-refractivity contribution in [3.05, 3.63) is 59.2 Å². The van der Waals surface area contributed by atoms with Crippen molar-refractivity contribution in [1.82, 2.24) is 10.2 Å². The molecule has 2 unspecified atom stereocenters. The van der Waals surface area contributed by atoms with Crippen LogP contribution in [0.4, 0.5) is 10.5 Å². The average Bonchev–Trinajstić information content (AvgIpc) is 2.83. The van der Waals surface area contributed by atoms with Crippen LogP contribution < -0.4 is 10.6 Å². The molecule has 0 fully saturated rings. The summed E-state index contributed by atoms with van der Waals surface area (Å²) in [7, 11) is 0. The van der Waals surface area contributed by atoms with Crippen LogP contribution in [0.5, 0.6) is 5.75 Å². The molecule has 3 amide bonds. The number of benzene rings is 2. The minimum absolute atomic E-state index is 0.00561. The number of carbonyl (C=O) groups is 3. The van der Waals surface area contributed by atoms with Gasteiger partial charge in [0.25, 0.3) is 5.91 Å². The van der Waals surface area contributed by atoms with E-state index in [-0.39, 0.29) is 17.6 Å². The number of hydrogen-bond acceptors (Lipinski definition) is 5. The van der Waals surface area contributed by atoms with Crippen LogP contribution in [0, 0.1) is 19.8 Å². The first-order valence-electron chi connectivity index (χ1n) is 14.2. The van der Waals surface area contributed by atoms with E-state index in [9.17, 15) is 19.5 Å². The summed E-state index contributed by atoms with van der Waals surface area (Å²) in [6.45, 7) is 15.4. The van der Waals surface area contributed by atoms with E-state index in [1.807, 2.05) is 45.9 Å². The lowest BCUT2D eigenvalue weighted by molar-refractivity contribution is -0.141. The minimum Gasteiger partial charge on any atom is -0.508 e. The smallest absolute Gasteiger partial charge is 0.408 e. The Morgan fingerprint density at radius 3 is 2.17 bits per heavy atom. The van der Waals surface area contributed by atoms with Crippen LogP contribution >= 0.6 is 0 Å². The zero-order valence-corrected chi connectivity index (χ0v) is 25.3. The lowest BCUT2D eigenvalue weighted by Gasteiger charge is -2.35. The summed E-state index contributed by atoms with van der Waals surface area (Å²) in [5, 5.41) is 16.1. The van der Waals surface area contributed by atoms with Crippen LogP contribution in [0.2, 0.25) is 0 Å². The van der Waals surface area contributed by atoms with Gasteiger partial charge >= 0.3 is 6.09 Å². The molecule has 0 radical (unpaired) electrons. The molecule has 2 aromatic carbocycles. The van der Waals surface area contributed by atoms with Crippen molar-refractivity contribution < 1.29 is 24.2 Å². The van der Waals surface area contributed by atoms with Crippen molar-refractivity contribution in [3.8, 4) is 5.75 Å². The first-order valence-corrected chi connectivity index (χ1v) is 14.2. The molecule has 0 spiro atoms. The largest absolute Gasteiger partial charge is 0.508 e. The van der Waals surface area contributed by atoms with Gasteiger partial charge < -0.3 is 25.4 Å². The SMILES string of the molecule is CCCCCN(C(=O)C(CC(C)C)NC(=O)OC(C)(C)C)C(C(=O)Nc1c(C)cccc1C)c1cccc(O)c1. The summed E-state index contributed by atoms with van der Waals surface area (Å²) in [6, 6.07) is 10.2. The molecule has 0 saturated carbocycles. The molecule has 2 rings (SSSR count). The van der Waals surface area contributed by atoms with E-state index in [1.54, 1.807) is 32.9 Å². The Morgan fingerprint density at radius 2 is 1.62 bits per heavy atom. The molecule has 2 aromatic rings. The van der Waals surface area contributed by atoms with Crippen molar-refractivity contribution in [1.29, 1.82) is 0 Å². The number of alkyl carbamates (subject to hydrolysis) is 1. The van der Waals surface area contributed by atoms with E-state index >= 15 is 0 Å². The van der Waals surface area contributed by atoms with Gasteiger partial charge in [0.05, 0.1) is 0 Å². The summed E-state index contributed by atoms with van der Waals surface area (Å²) in [4.78, 5) is 42.6. The van der Waals surface area contributed by atoms with Crippen LogP contribution in [0.1, 0.15) is 90.0 Å². The quantitative estimate of drug-likeness (QED) is 0.255. The van der Waals surface area contributed by atoms with Crippen molar-refractivity contribution in [2.45, 2.75) is 98.8 Å². The van der Waals surface area contributed by atoms with Gasteiger partial charge in [0.2, 0.25) is 5.91 Å². The maximum Gasteiger partial charge on any atom is 0.408 e.